The summed E-state index contributed by atoms with van der Waals surface area (Å²) in [6.45, 7) is 5.04. The van der Waals surface area contributed by atoms with E-state index in [1.165, 1.54) is 12.5 Å². The number of aryl methyl sites for hydroxylation is 1. The summed E-state index contributed by atoms with van der Waals surface area (Å²) < 4.78 is 13.1. The van der Waals surface area contributed by atoms with Crippen molar-refractivity contribution in [1.29, 1.82) is 0 Å². The summed E-state index contributed by atoms with van der Waals surface area (Å²) in [5.74, 6) is 0.465. The molecule has 0 radical (unpaired) electrons. The van der Waals surface area contributed by atoms with Gasteiger partial charge in [0.05, 0.1) is 6.61 Å². The number of hydrogen-bond acceptors (Lipinski definition) is 2. The minimum atomic E-state index is -0.190. The van der Waals surface area contributed by atoms with E-state index >= 15 is 0 Å². The first-order valence-corrected chi connectivity index (χ1v) is 7.15. The molecule has 2 rings (SSSR count). The smallest absolute Gasteiger partial charge is 0.123 e. The van der Waals surface area contributed by atoms with E-state index in [9.17, 15) is 9.50 Å². The van der Waals surface area contributed by atoms with Crippen molar-refractivity contribution in [2.75, 3.05) is 6.61 Å². The molecule has 0 bridgehead atoms. The average Bonchev–Trinajstić information content (AvgIpc) is 2.38. The predicted molar refractivity (Wildman–Crippen MR) is 75.4 cm³/mol. The van der Waals surface area contributed by atoms with Crippen LogP contribution in [0.15, 0.2) is 18.2 Å². The lowest BCUT2D eigenvalue weighted by molar-refractivity contribution is 0.0982. The zero-order chi connectivity index (χ0) is 13.9. The van der Waals surface area contributed by atoms with Crippen molar-refractivity contribution in [3.63, 3.8) is 0 Å². The van der Waals surface area contributed by atoms with Crippen LogP contribution in [0.3, 0.4) is 0 Å². The van der Waals surface area contributed by atoms with Crippen LogP contribution < -0.4 is 5.32 Å². The Balaban J connectivity index is 2.03. The molecular weight excluding hydrogens is 241 g/mol. The van der Waals surface area contributed by atoms with Crippen LogP contribution >= 0.6 is 0 Å². The Bertz CT molecular complexity index is 435. The van der Waals surface area contributed by atoms with Crippen molar-refractivity contribution in [2.24, 2.45) is 5.92 Å². The highest BCUT2D eigenvalue weighted by molar-refractivity contribution is 5.26. The molecule has 1 saturated carbocycles. The normalized spacial score (nSPS) is 27.5. The Labute approximate surface area is 115 Å². The molecular formula is C16H24FNO. The summed E-state index contributed by atoms with van der Waals surface area (Å²) in [6.07, 6.45) is 4.45. The van der Waals surface area contributed by atoms with Gasteiger partial charge in [0.2, 0.25) is 0 Å². The highest BCUT2D eigenvalue weighted by atomic mass is 19.1. The largest absolute Gasteiger partial charge is 0.394 e. The SMILES string of the molecule is Cc1cc(F)ccc1CNC1(CO)CCCC(C)C1. The summed E-state index contributed by atoms with van der Waals surface area (Å²) >= 11 is 0. The van der Waals surface area contributed by atoms with Crippen LogP contribution in [-0.2, 0) is 6.54 Å². The van der Waals surface area contributed by atoms with Crippen molar-refractivity contribution in [3.05, 3.63) is 35.1 Å². The molecule has 0 heterocycles. The van der Waals surface area contributed by atoms with E-state index in [0.717, 1.165) is 30.4 Å². The quantitative estimate of drug-likeness (QED) is 0.876. The van der Waals surface area contributed by atoms with Crippen molar-refractivity contribution < 1.29 is 9.50 Å². The summed E-state index contributed by atoms with van der Waals surface area (Å²) in [6, 6.07) is 4.89. The first kappa shape index (κ1) is 14.5. The molecule has 1 aromatic rings. The van der Waals surface area contributed by atoms with Crippen LogP contribution in [0.4, 0.5) is 4.39 Å². The number of aliphatic hydroxyl groups excluding tert-OH is 1. The molecule has 106 valence electrons. The first-order chi connectivity index (χ1) is 9.04. The number of benzene rings is 1. The van der Waals surface area contributed by atoms with Gasteiger partial charge in [0.1, 0.15) is 5.82 Å². The van der Waals surface area contributed by atoms with Gasteiger partial charge in [0.15, 0.2) is 0 Å². The monoisotopic (exact) mass is 265 g/mol. The Morgan fingerprint density at radius 2 is 2.26 bits per heavy atom. The Kier molecular flexibility index (Phi) is 4.58. The lowest BCUT2D eigenvalue weighted by Crippen LogP contribution is -2.51. The van der Waals surface area contributed by atoms with Gasteiger partial charge in [0.25, 0.3) is 0 Å². The summed E-state index contributed by atoms with van der Waals surface area (Å²) in [5.41, 5.74) is 1.91. The maximum Gasteiger partial charge on any atom is 0.123 e. The third kappa shape index (κ3) is 3.54. The van der Waals surface area contributed by atoms with Gasteiger partial charge in [-0.05, 0) is 48.9 Å². The highest BCUT2D eigenvalue weighted by Gasteiger charge is 2.33. The van der Waals surface area contributed by atoms with Gasteiger partial charge in [-0.2, -0.15) is 0 Å². The fraction of sp³-hybridized carbons (Fsp3) is 0.625. The minimum absolute atomic E-state index is 0.154. The number of halogens is 1. The molecule has 0 amide bonds. The molecule has 0 aromatic heterocycles. The topological polar surface area (TPSA) is 32.3 Å². The van der Waals surface area contributed by atoms with Crippen LogP contribution in [0.25, 0.3) is 0 Å². The van der Waals surface area contributed by atoms with Crippen molar-refractivity contribution >= 4 is 0 Å². The molecule has 1 aromatic carbocycles. The third-order valence-electron chi connectivity index (χ3n) is 4.35. The summed E-state index contributed by atoms with van der Waals surface area (Å²) in [5, 5.41) is 13.2. The summed E-state index contributed by atoms with van der Waals surface area (Å²) in [7, 11) is 0. The van der Waals surface area contributed by atoms with Crippen LogP contribution in [0.1, 0.15) is 43.7 Å². The fourth-order valence-electron chi connectivity index (χ4n) is 3.16. The average molecular weight is 265 g/mol. The Morgan fingerprint density at radius 1 is 1.47 bits per heavy atom. The Hall–Kier alpha value is -0.930. The molecule has 0 spiro atoms. The van der Waals surface area contributed by atoms with Gasteiger partial charge in [-0.3, -0.25) is 0 Å². The van der Waals surface area contributed by atoms with E-state index < -0.39 is 0 Å². The number of nitrogens with one attached hydrogen (secondary N) is 1. The minimum Gasteiger partial charge on any atom is -0.394 e. The van der Waals surface area contributed by atoms with E-state index in [1.807, 2.05) is 13.0 Å². The molecule has 2 N–H and O–H groups in total. The zero-order valence-electron chi connectivity index (χ0n) is 11.9. The lowest BCUT2D eigenvalue weighted by Gasteiger charge is -2.39. The zero-order valence-corrected chi connectivity index (χ0v) is 11.9. The second-order valence-corrected chi connectivity index (χ2v) is 6.06. The second kappa shape index (κ2) is 6.02. The number of hydrogen-bond donors (Lipinski definition) is 2. The molecule has 3 heteroatoms. The molecule has 1 fully saturated rings. The van der Waals surface area contributed by atoms with E-state index in [1.54, 1.807) is 6.07 Å². The fourth-order valence-corrected chi connectivity index (χ4v) is 3.16. The second-order valence-electron chi connectivity index (χ2n) is 6.06. The summed E-state index contributed by atoms with van der Waals surface area (Å²) in [4.78, 5) is 0. The van der Waals surface area contributed by atoms with Gasteiger partial charge in [-0.15, -0.1) is 0 Å². The van der Waals surface area contributed by atoms with E-state index in [4.69, 9.17) is 0 Å². The van der Waals surface area contributed by atoms with E-state index in [-0.39, 0.29) is 18.0 Å². The molecule has 2 atom stereocenters. The third-order valence-corrected chi connectivity index (χ3v) is 4.35. The van der Waals surface area contributed by atoms with Gasteiger partial charge in [0, 0.05) is 12.1 Å². The van der Waals surface area contributed by atoms with Crippen LogP contribution in [0.5, 0.6) is 0 Å². The van der Waals surface area contributed by atoms with Crippen molar-refractivity contribution in [2.45, 2.75) is 51.6 Å². The molecule has 2 nitrogen and oxygen atoms in total. The highest BCUT2D eigenvalue weighted by Crippen LogP contribution is 2.32. The molecule has 0 saturated heterocycles. The number of aliphatic hydroxyl groups is 1. The Morgan fingerprint density at radius 3 is 2.89 bits per heavy atom. The van der Waals surface area contributed by atoms with Gasteiger partial charge >= 0.3 is 0 Å². The van der Waals surface area contributed by atoms with Crippen molar-refractivity contribution in [1.82, 2.24) is 5.32 Å². The maximum absolute atomic E-state index is 13.1. The van der Waals surface area contributed by atoms with Gasteiger partial charge in [-0.25, -0.2) is 4.39 Å². The van der Waals surface area contributed by atoms with Gasteiger partial charge in [-0.1, -0.05) is 25.8 Å². The van der Waals surface area contributed by atoms with Crippen LogP contribution in [0.2, 0.25) is 0 Å². The lowest BCUT2D eigenvalue weighted by atomic mass is 9.76. The van der Waals surface area contributed by atoms with Crippen LogP contribution in [-0.4, -0.2) is 17.3 Å². The van der Waals surface area contributed by atoms with Crippen molar-refractivity contribution in [3.8, 4) is 0 Å². The predicted octanol–water partition coefficient (Wildman–Crippen LogP) is 3.16. The van der Waals surface area contributed by atoms with E-state index in [0.29, 0.717) is 12.5 Å². The molecule has 1 aliphatic rings. The molecule has 0 aliphatic heterocycles. The van der Waals surface area contributed by atoms with Crippen LogP contribution in [0, 0.1) is 18.7 Å². The maximum atomic E-state index is 13.1. The number of rotatable bonds is 4. The standard InChI is InChI=1S/C16H24FNO/c1-12-4-3-7-16(9-12,11-19)18-10-14-5-6-15(17)8-13(14)2/h5-6,8,12,18-19H,3-4,7,9-11H2,1-2H3. The molecule has 2 unspecified atom stereocenters. The van der Waals surface area contributed by atoms with E-state index in [2.05, 4.69) is 12.2 Å². The first-order valence-electron chi connectivity index (χ1n) is 7.15. The molecule has 19 heavy (non-hydrogen) atoms. The molecule has 1 aliphatic carbocycles. The van der Waals surface area contributed by atoms with Gasteiger partial charge < -0.3 is 10.4 Å².